The molecule has 0 aliphatic carbocycles. The summed E-state index contributed by atoms with van der Waals surface area (Å²) in [5.74, 6) is -1.18. The van der Waals surface area contributed by atoms with Crippen LogP contribution in [0, 0.1) is 11.6 Å². The van der Waals surface area contributed by atoms with Gasteiger partial charge in [-0.1, -0.05) is 18.2 Å². The highest BCUT2D eigenvalue weighted by molar-refractivity contribution is 5.99. The Bertz CT molecular complexity index is 898. The Morgan fingerprint density at radius 3 is 2.40 bits per heavy atom. The first-order chi connectivity index (χ1) is 12.1. The van der Waals surface area contributed by atoms with Gasteiger partial charge in [0.25, 0.3) is 0 Å². The molecule has 1 saturated heterocycles. The van der Waals surface area contributed by atoms with Gasteiger partial charge >= 0.3 is 0 Å². The zero-order valence-corrected chi connectivity index (χ0v) is 13.8. The molecule has 3 nitrogen and oxygen atoms in total. The molecule has 3 aromatic rings. The number of rotatable bonds is 2. The quantitative estimate of drug-likeness (QED) is 0.764. The van der Waals surface area contributed by atoms with E-state index in [2.05, 4.69) is 9.88 Å². The maximum atomic E-state index is 13.8. The van der Waals surface area contributed by atoms with Crippen LogP contribution in [0.5, 0.6) is 0 Å². The molecule has 0 amide bonds. The average molecular weight is 339 g/mol. The molecule has 2 heterocycles. The second-order valence-electron chi connectivity index (χ2n) is 6.52. The van der Waals surface area contributed by atoms with E-state index in [1.807, 2.05) is 24.3 Å². The van der Waals surface area contributed by atoms with E-state index in [0.717, 1.165) is 54.2 Å². The first kappa shape index (κ1) is 16.0. The Balaban J connectivity index is 1.93. The molecule has 5 heteroatoms. The van der Waals surface area contributed by atoms with E-state index in [4.69, 9.17) is 5.73 Å². The first-order valence-electron chi connectivity index (χ1n) is 8.46. The van der Waals surface area contributed by atoms with E-state index in [1.54, 1.807) is 6.20 Å². The lowest BCUT2D eigenvalue weighted by molar-refractivity contribution is 0.502. The highest BCUT2D eigenvalue weighted by Gasteiger charge is 2.22. The molecule has 0 unspecified atom stereocenters. The minimum atomic E-state index is -0.588. The summed E-state index contributed by atoms with van der Waals surface area (Å²) in [5, 5.41) is 0.986. The Kier molecular flexibility index (Phi) is 4.09. The maximum absolute atomic E-state index is 13.8. The molecule has 1 fully saturated rings. The summed E-state index contributed by atoms with van der Waals surface area (Å²) in [6, 6.07) is 11.7. The fourth-order valence-electron chi connectivity index (χ4n) is 3.51. The highest BCUT2D eigenvalue weighted by Crippen LogP contribution is 2.38. The lowest BCUT2D eigenvalue weighted by Gasteiger charge is -2.34. The van der Waals surface area contributed by atoms with Crippen molar-refractivity contribution in [3.63, 3.8) is 0 Å². The predicted octanol–water partition coefficient (Wildman–Crippen LogP) is 4.11. The molecule has 128 valence electrons. The average Bonchev–Trinajstić information content (AvgIpc) is 2.61. The van der Waals surface area contributed by atoms with E-state index in [1.165, 1.54) is 12.1 Å². The monoisotopic (exact) mass is 339 g/mol. The van der Waals surface area contributed by atoms with Crippen molar-refractivity contribution in [2.24, 2.45) is 5.73 Å². The van der Waals surface area contributed by atoms with Gasteiger partial charge in [-0.15, -0.1) is 0 Å². The number of nitrogens with zero attached hydrogens (tertiary/aromatic N) is 2. The molecule has 0 saturated carbocycles. The molecule has 25 heavy (non-hydrogen) atoms. The van der Waals surface area contributed by atoms with E-state index >= 15 is 0 Å². The summed E-state index contributed by atoms with van der Waals surface area (Å²) in [5.41, 5.74) is 9.13. The third-order valence-electron chi connectivity index (χ3n) is 4.78. The number of pyridine rings is 1. The highest BCUT2D eigenvalue weighted by atomic mass is 19.1. The van der Waals surface area contributed by atoms with Crippen molar-refractivity contribution in [3.05, 3.63) is 60.3 Å². The fraction of sp³-hybridized carbons (Fsp3) is 0.250. The number of aromatic nitrogens is 1. The van der Waals surface area contributed by atoms with Crippen LogP contribution in [-0.2, 0) is 0 Å². The van der Waals surface area contributed by atoms with Crippen LogP contribution in [0.3, 0.4) is 0 Å². The normalized spacial score (nSPS) is 15.7. The fourth-order valence-corrected chi connectivity index (χ4v) is 3.51. The van der Waals surface area contributed by atoms with Crippen LogP contribution in [0.25, 0.3) is 22.0 Å². The van der Waals surface area contributed by atoms with Gasteiger partial charge in [0.2, 0.25) is 0 Å². The van der Waals surface area contributed by atoms with Gasteiger partial charge in [0.15, 0.2) is 0 Å². The van der Waals surface area contributed by atoms with Gasteiger partial charge in [0, 0.05) is 42.3 Å². The van der Waals surface area contributed by atoms with Gasteiger partial charge in [-0.2, -0.15) is 0 Å². The standard InChI is InChI=1S/C20H19F2N3/c21-14-9-13(10-15(22)11-14)18-12-24-19-4-2-1-3-17(19)20(18)25-7-5-16(23)6-8-25/h1-4,9-12,16H,5-8,23H2. The third kappa shape index (κ3) is 3.07. The minimum absolute atomic E-state index is 0.208. The molecule has 2 aromatic carbocycles. The SMILES string of the molecule is NC1CCN(c2c(-c3cc(F)cc(F)c3)cnc3ccccc23)CC1. The number of halogens is 2. The summed E-state index contributed by atoms with van der Waals surface area (Å²) in [4.78, 5) is 6.75. The molecular weight excluding hydrogens is 320 g/mol. The number of benzene rings is 2. The summed E-state index contributed by atoms with van der Waals surface area (Å²) in [7, 11) is 0. The van der Waals surface area contributed by atoms with E-state index in [9.17, 15) is 8.78 Å². The molecular formula is C20H19F2N3. The van der Waals surface area contributed by atoms with Crippen molar-refractivity contribution in [1.82, 2.24) is 4.98 Å². The second kappa shape index (κ2) is 6.41. The maximum Gasteiger partial charge on any atom is 0.126 e. The summed E-state index contributed by atoms with van der Waals surface area (Å²) < 4.78 is 27.5. The van der Waals surface area contributed by atoms with Gasteiger partial charge < -0.3 is 10.6 Å². The topological polar surface area (TPSA) is 42.1 Å². The number of para-hydroxylation sites is 1. The Morgan fingerprint density at radius 2 is 1.68 bits per heavy atom. The Labute approximate surface area is 145 Å². The van der Waals surface area contributed by atoms with Crippen molar-refractivity contribution in [3.8, 4) is 11.1 Å². The van der Waals surface area contributed by atoms with Gasteiger partial charge in [-0.05, 0) is 36.6 Å². The van der Waals surface area contributed by atoms with Crippen LogP contribution in [0.15, 0.2) is 48.7 Å². The zero-order chi connectivity index (χ0) is 17.4. The smallest absolute Gasteiger partial charge is 0.126 e. The summed E-state index contributed by atoms with van der Waals surface area (Å²) in [6.07, 6.45) is 3.50. The molecule has 4 rings (SSSR count). The van der Waals surface area contributed by atoms with Crippen molar-refractivity contribution in [2.75, 3.05) is 18.0 Å². The summed E-state index contributed by atoms with van der Waals surface area (Å²) in [6.45, 7) is 1.64. The third-order valence-corrected chi connectivity index (χ3v) is 4.78. The Hall–Kier alpha value is -2.53. The first-order valence-corrected chi connectivity index (χ1v) is 8.46. The second-order valence-corrected chi connectivity index (χ2v) is 6.52. The van der Waals surface area contributed by atoms with Crippen LogP contribution in [0.4, 0.5) is 14.5 Å². The number of anilines is 1. The van der Waals surface area contributed by atoms with Crippen molar-refractivity contribution < 1.29 is 8.78 Å². The largest absolute Gasteiger partial charge is 0.370 e. The van der Waals surface area contributed by atoms with Gasteiger partial charge in [0.05, 0.1) is 11.2 Å². The van der Waals surface area contributed by atoms with E-state index in [0.29, 0.717) is 5.56 Å². The van der Waals surface area contributed by atoms with Crippen molar-refractivity contribution in [1.29, 1.82) is 0 Å². The molecule has 2 N–H and O–H groups in total. The minimum Gasteiger partial charge on any atom is -0.370 e. The molecule has 1 aromatic heterocycles. The van der Waals surface area contributed by atoms with Crippen LogP contribution < -0.4 is 10.6 Å². The van der Waals surface area contributed by atoms with Crippen molar-refractivity contribution >= 4 is 16.6 Å². The van der Waals surface area contributed by atoms with Gasteiger partial charge in [-0.25, -0.2) is 8.78 Å². The predicted molar refractivity (Wildman–Crippen MR) is 96.5 cm³/mol. The molecule has 1 aliphatic heterocycles. The number of hydrogen-bond donors (Lipinski definition) is 1. The van der Waals surface area contributed by atoms with Gasteiger partial charge in [-0.3, -0.25) is 4.98 Å². The van der Waals surface area contributed by atoms with Crippen molar-refractivity contribution in [2.45, 2.75) is 18.9 Å². The molecule has 0 spiro atoms. The number of piperidine rings is 1. The Morgan fingerprint density at radius 1 is 1.00 bits per heavy atom. The number of fused-ring (bicyclic) bond motifs is 1. The molecule has 0 bridgehead atoms. The molecule has 0 radical (unpaired) electrons. The molecule has 1 aliphatic rings. The lowest BCUT2D eigenvalue weighted by Crippen LogP contribution is -2.40. The zero-order valence-electron chi connectivity index (χ0n) is 13.8. The number of nitrogens with two attached hydrogens (primary N) is 1. The van der Waals surface area contributed by atoms with Crippen LogP contribution in [-0.4, -0.2) is 24.1 Å². The summed E-state index contributed by atoms with van der Waals surface area (Å²) >= 11 is 0. The lowest BCUT2D eigenvalue weighted by atomic mass is 9.98. The molecule has 0 atom stereocenters. The van der Waals surface area contributed by atoms with E-state index < -0.39 is 11.6 Å². The van der Waals surface area contributed by atoms with Gasteiger partial charge in [0.1, 0.15) is 11.6 Å². The van der Waals surface area contributed by atoms with E-state index in [-0.39, 0.29) is 6.04 Å². The van der Waals surface area contributed by atoms with Crippen LogP contribution in [0.1, 0.15) is 12.8 Å². The number of hydrogen-bond acceptors (Lipinski definition) is 3. The van der Waals surface area contributed by atoms with Crippen LogP contribution in [0.2, 0.25) is 0 Å². The van der Waals surface area contributed by atoms with Crippen LogP contribution >= 0.6 is 0 Å².